The molecule has 1 nitrogen and oxygen atoms in total. The van der Waals surface area contributed by atoms with Crippen LogP contribution in [0.5, 0.6) is 0 Å². The van der Waals surface area contributed by atoms with Crippen LogP contribution in [0.1, 0.15) is 6.42 Å². The van der Waals surface area contributed by atoms with Crippen molar-refractivity contribution in [3.8, 4) is 0 Å². The van der Waals surface area contributed by atoms with Crippen LogP contribution in [-0.2, 0) is 4.74 Å². The van der Waals surface area contributed by atoms with E-state index in [0.717, 1.165) is 6.42 Å². The maximum absolute atomic E-state index is 6.82. The molecule has 3 saturated carbocycles. The first-order chi connectivity index (χ1) is 8.78. The highest BCUT2D eigenvalue weighted by molar-refractivity contribution is 6.65. The Morgan fingerprint density at radius 2 is 1.26 bits per heavy atom. The van der Waals surface area contributed by atoms with Gasteiger partial charge in [-0.1, -0.05) is 46.4 Å². The second kappa shape index (κ2) is 3.20. The van der Waals surface area contributed by atoms with E-state index in [1.54, 1.807) is 0 Å². The average molecular weight is 381 g/mol. The Bertz CT molecular complexity index is 516. The Labute approximate surface area is 140 Å². The number of epoxide rings is 1. The summed E-state index contributed by atoms with van der Waals surface area (Å²) in [6, 6.07) is 0. The zero-order chi connectivity index (χ0) is 13.5. The number of hydrogen-bond donors (Lipinski definition) is 0. The predicted molar refractivity (Wildman–Crippen MR) is 77.6 cm³/mol. The minimum atomic E-state index is -1.37. The summed E-state index contributed by atoms with van der Waals surface area (Å²) in [5.41, 5.74) is 0. The molecule has 8 atom stereocenters. The van der Waals surface area contributed by atoms with Crippen LogP contribution in [0.2, 0.25) is 0 Å². The smallest absolute Gasteiger partial charge is 0.166 e. The van der Waals surface area contributed by atoms with E-state index < -0.39 is 14.1 Å². The average Bonchev–Trinajstić information content (AvgIpc) is 2.91. The van der Waals surface area contributed by atoms with Crippen molar-refractivity contribution in [2.75, 3.05) is 0 Å². The number of alkyl halides is 4. The minimum absolute atomic E-state index is 0.0467. The Morgan fingerprint density at radius 3 is 1.68 bits per heavy atom. The lowest BCUT2D eigenvalue weighted by molar-refractivity contribution is 0.237. The van der Waals surface area contributed by atoms with Crippen LogP contribution in [-0.4, -0.2) is 26.3 Å². The molecule has 1 aliphatic heterocycles. The Hall–Kier alpha value is 1.44. The summed E-state index contributed by atoms with van der Waals surface area (Å²) in [5.74, 6) is 0.776. The molecule has 0 spiro atoms. The Kier molecular flexibility index (Phi) is 2.18. The first-order valence-corrected chi connectivity index (χ1v) is 8.52. The van der Waals surface area contributed by atoms with Crippen molar-refractivity contribution >= 4 is 69.6 Å². The molecule has 4 bridgehead atoms. The zero-order valence-electron chi connectivity index (χ0n) is 9.35. The summed E-state index contributed by atoms with van der Waals surface area (Å²) in [4.78, 5) is -2.17. The first kappa shape index (κ1) is 12.9. The van der Waals surface area contributed by atoms with Gasteiger partial charge >= 0.3 is 0 Å². The number of allylic oxidation sites excluding steroid dienone is 2. The maximum atomic E-state index is 6.82. The molecule has 7 heteroatoms. The molecule has 0 aromatic carbocycles. The largest absolute Gasteiger partial charge is 0.369 e. The molecule has 1 heterocycles. The van der Waals surface area contributed by atoms with E-state index >= 15 is 0 Å². The molecule has 0 aromatic rings. The quantitative estimate of drug-likeness (QED) is 0.343. The number of fused-ring (bicyclic) bond motifs is 12. The van der Waals surface area contributed by atoms with Gasteiger partial charge in [0.25, 0.3) is 0 Å². The molecular formula is C12H8Cl6O. The van der Waals surface area contributed by atoms with Gasteiger partial charge < -0.3 is 4.74 Å². The van der Waals surface area contributed by atoms with Crippen LogP contribution < -0.4 is 0 Å². The summed E-state index contributed by atoms with van der Waals surface area (Å²) < 4.78 is 4.35. The van der Waals surface area contributed by atoms with Crippen LogP contribution in [0, 0.1) is 23.7 Å². The van der Waals surface area contributed by atoms with E-state index in [9.17, 15) is 0 Å². The number of rotatable bonds is 0. The van der Waals surface area contributed by atoms with Crippen LogP contribution in [0.4, 0.5) is 0 Å². The lowest BCUT2D eigenvalue weighted by Crippen LogP contribution is -2.46. The molecule has 0 aromatic heterocycles. The van der Waals surface area contributed by atoms with Crippen molar-refractivity contribution in [2.24, 2.45) is 23.7 Å². The van der Waals surface area contributed by atoms with Crippen molar-refractivity contribution in [1.82, 2.24) is 0 Å². The van der Waals surface area contributed by atoms with Gasteiger partial charge in [0.15, 0.2) is 4.33 Å². The zero-order valence-corrected chi connectivity index (χ0v) is 13.9. The van der Waals surface area contributed by atoms with Gasteiger partial charge in [-0.15, -0.1) is 23.2 Å². The molecule has 0 radical (unpaired) electrons. The second-order valence-electron chi connectivity index (χ2n) is 6.31. The van der Waals surface area contributed by atoms with Gasteiger partial charge in [0.1, 0.15) is 9.75 Å². The van der Waals surface area contributed by atoms with Crippen molar-refractivity contribution in [3.63, 3.8) is 0 Å². The molecule has 4 aliphatic carbocycles. The van der Waals surface area contributed by atoms with E-state index in [1.165, 1.54) is 0 Å². The van der Waals surface area contributed by atoms with E-state index in [0.29, 0.717) is 21.9 Å². The van der Waals surface area contributed by atoms with Crippen molar-refractivity contribution in [3.05, 3.63) is 10.1 Å². The number of halogens is 6. The summed E-state index contributed by atoms with van der Waals surface area (Å²) in [5, 5.41) is 0.642. The SMILES string of the molecule is ClC1=C(Cl)[C@]2(Cl)[C@H]3[C@H]4C[C@H]([C@H]5O[C@@H]45)[C@H]3[C@@]1(Cl)C2(Cl)Cl. The van der Waals surface area contributed by atoms with Gasteiger partial charge in [-0.05, 0) is 30.1 Å². The van der Waals surface area contributed by atoms with E-state index in [4.69, 9.17) is 74.3 Å². The van der Waals surface area contributed by atoms with Crippen molar-refractivity contribution in [1.29, 1.82) is 0 Å². The summed E-state index contributed by atoms with van der Waals surface area (Å²) in [6.07, 6.45) is 1.63. The Morgan fingerprint density at radius 1 is 0.842 bits per heavy atom. The Balaban J connectivity index is 1.80. The maximum Gasteiger partial charge on any atom is 0.166 e. The van der Waals surface area contributed by atoms with E-state index in [2.05, 4.69) is 0 Å². The molecule has 19 heavy (non-hydrogen) atoms. The highest BCUT2D eigenvalue weighted by Gasteiger charge is 2.89. The molecule has 0 N–H and O–H groups in total. The first-order valence-electron chi connectivity index (χ1n) is 6.25. The molecule has 104 valence electrons. The molecule has 5 aliphatic rings. The van der Waals surface area contributed by atoms with Gasteiger partial charge in [-0.2, -0.15) is 0 Å². The third kappa shape index (κ3) is 0.986. The lowest BCUT2D eigenvalue weighted by Gasteiger charge is -2.38. The lowest BCUT2D eigenvalue weighted by atomic mass is 9.73. The summed E-state index contributed by atoms with van der Waals surface area (Å²) >= 11 is 39.5. The van der Waals surface area contributed by atoms with Gasteiger partial charge in [-0.3, -0.25) is 0 Å². The second-order valence-corrected chi connectivity index (χ2v) is 9.58. The fourth-order valence-corrected chi connectivity index (χ4v) is 8.43. The summed E-state index contributed by atoms with van der Waals surface area (Å²) in [6.45, 7) is 0. The van der Waals surface area contributed by atoms with Gasteiger partial charge in [0.05, 0.1) is 22.3 Å². The highest BCUT2D eigenvalue weighted by atomic mass is 35.5. The molecule has 4 fully saturated rings. The van der Waals surface area contributed by atoms with Crippen LogP contribution in [0.15, 0.2) is 10.1 Å². The van der Waals surface area contributed by atoms with Gasteiger partial charge in [-0.25, -0.2) is 0 Å². The predicted octanol–water partition coefficient (Wildman–Crippen LogP) is 4.48. The van der Waals surface area contributed by atoms with Crippen LogP contribution in [0.25, 0.3) is 0 Å². The molecule has 0 amide bonds. The van der Waals surface area contributed by atoms with Crippen molar-refractivity contribution < 1.29 is 4.74 Å². The molecule has 5 rings (SSSR count). The van der Waals surface area contributed by atoms with Crippen LogP contribution in [0.3, 0.4) is 0 Å². The fraction of sp³-hybridized carbons (Fsp3) is 0.833. The normalized spacial score (nSPS) is 66.6. The van der Waals surface area contributed by atoms with E-state index in [-0.39, 0.29) is 24.0 Å². The molecular weight excluding hydrogens is 373 g/mol. The van der Waals surface area contributed by atoms with Gasteiger partial charge in [0.2, 0.25) is 0 Å². The topological polar surface area (TPSA) is 12.5 Å². The fourth-order valence-electron chi connectivity index (χ4n) is 5.30. The minimum Gasteiger partial charge on any atom is -0.369 e. The van der Waals surface area contributed by atoms with Crippen LogP contribution >= 0.6 is 69.6 Å². The highest BCUT2D eigenvalue weighted by Crippen LogP contribution is 2.84. The van der Waals surface area contributed by atoms with Crippen molar-refractivity contribution in [2.45, 2.75) is 32.7 Å². The van der Waals surface area contributed by atoms with E-state index in [1.807, 2.05) is 0 Å². The molecule has 0 unspecified atom stereocenters. The van der Waals surface area contributed by atoms with Gasteiger partial charge in [0, 0.05) is 0 Å². The standard InChI is InChI=1S/C12H8Cl6O/c13-8-9(14)11(16)5-3-1-2(6-7(3)19-6)4(5)10(8,15)12(11,17)18/h2-7H,1H2/t2-,3+,4+,5-,6+,7-,10-,11+. The molecule has 1 saturated heterocycles. The number of ether oxygens (including phenoxy) is 1. The third-order valence-corrected chi connectivity index (χ3v) is 10.2. The monoisotopic (exact) mass is 378 g/mol. The summed E-state index contributed by atoms with van der Waals surface area (Å²) in [7, 11) is 0. The number of hydrogen-bond acceptors (Lipinski definition) is 1. The third-order valence-electron chi connectivity index (χ3n) is 5.92.